The molecule has 0 saturated heterocycles. The monoisotopic (exact) mass is 1150 g/mol. The van der Waals surface area contributed by atoms with Crippen LogP contribution in [0.5, 0.6) is 0 Å². The Kier molecular flexibility index (Phi) is 13.1. The molecule has 418 valence electrons. The Morgan fingerprint density at radius 3 is 0.956 bits per heavy atom. The predicted octanol–water partition coefficient (Wildman–Crippen LogP) is 20.9. The second kappa shape index (κ2) is 22.3. The molecule has 8 heteroatoms. The summed E-state index contributed by atoms with van der Waals surface area (Å²) in [5, 5.41) is 14.5. The maximum Gasteiger partial charge on any atom is 0.234 e. The van der Waals surface area contributed by atoms with Gasteiger partial charge in [-0.05, 0) is 100 Å². The third-order valence-electron chi connectivity index (χ3n) is 17.2. The lowest BCUT2D eigenvalue weighted by Crippen LogP contribution is -2.03. The molecule has 0 aliphatic heterocycles. The molecule has 0 amide bonds. The number of pyridine rings is 4. The lowest BCUT2D eigenvalue weighted by Gasteiger charge is -2.21. The van der Waals surface area contributed by atoms with E-state index < -0.39 is 0 Å². The van der Waals surface area contributed by atoms with E-state index in [0.717, 1.165) is 144 Å². The van der Waals surface area contributed by atoms with Crippen molar-refractivity contribution in [3.05, 3.63) is 321 Å². The molecule has 0 aliphatic rings. The summed E-state index contributed by atoms with van der Waals surface area (Å²) in [6.07, 6.45) is 7.77. The summed E-state index contributed by atoms with van der Waals surface area (Å²) in [4.78, 5) is 24.6. The van der Waals surface area contributed by atoms with Gasteiger partial charge in [0.2, 0.25) is 5.69 Å². The lowest BCUT2D eigenvalue weighted by molar-refractivity contribution is 1.15. The summed E-state index contributed by atoms with van der Waals surface area (Å²) in [6, 6.07) is 98.4. The van der Waals surface area contributed by atoms with Crippen LogP contribution < -0.4 is 0 Å². The molecular formula is C82H50N8. The van der Waals surface area contributed by atoms with Gasteiger partial charge in [0.25, 0.3) is 0 Å². The molecule has 0 saturated carbocycles. The quantitative estimate of drug-likeness (QED) is 0.120. The number of fused-ring (bicyclic) bond motifs is 6. The van der Waals surface area contributed by atoms with Crippen molar-refractivity contribution in [2.45, 2.75) is 0 Å². The molecular weight excluding hydrogens is 1100 g/mol. The third kappa shape index (κ3) is 9.42. The van der Waals surface area contributed by atoms with Crippen LogP contribution in [0, 0.1) is 17.9 Å². The summed E-state index contributed by atoms with van der Waals surface area (Å²) < 4.78 is 4.55. The molecule has 90 heavy (non-hydrogen) atoms. The molecule has 10 aromatic carbocycles. The highest BCUT2D eigenvalue weighted by Crippen LogP contribution is 2.48. The molecule has 0 fully saturated rings. The summed E-state index contributed by atoms with van der Waals surface area (Å²) in [5.41, 5.74) is 23.0. The van der Waals surface area contributed by atoms with Crippen LogP contribution in [0.3, 0.4) is 0 Å². The molecule has 16 rings (SSSR count). The first-order valence-corrected chi connectivity index (χ1v) is 29.8. The fourth-order valence-corrected chi connectivity index (χ4v) is 12.7. The van der Waals surface area contributed by atoms with Crippen molar-refractivity contribution in [1.82, 2.24) is 29.1 Å². The minimum atomic E-state index is 0.421. The van der Waals surface area contributed by atoms with Crippen LogP contribution in [0.1, 0.15) is 5.56 Å². The van der Waals surface area contributed by atoms with E-state index in [9.17, 15) is 11.8 Å². The Hall–Kier alpha value is -12.6. The fourth-order valence-electron chi connectivity index (χ4n) is 12.7. The van der Waals surface area contributed by atoms with Crippen molar-refractivity contribution in [1.29, 1.82) is 5.26 Å². The van der Waals surface area contributed by atoms with Crippen LogP contribution in [0.2, 0.25) is 0 Å². The standard InChI is InChI=1S/C82H50N8/c1-84-81-76(89-77-44-58(63-29-38-72(85-49-63)54-16-6-2-7-17-54)25-33-68(77)69-34-26-59(45-78(69)89)64-30-39-73(86-50-64)55-18-8-3-9-19-55)42-37-67(62-24-14-15-53(43-62)48-83)82(81)90-79-46-60(65-31-40-74(87-51-65)56-20-10-4-11-21-56)27-35-70(79)71-36-28-61(47-80(71)90)66-32-41-75(88-52-66)57-22-12-5-13-23-57/h2-47,49-52H. The van der Waals surface area contributed by atoms with Crippen molar-refractivity contribution < 1.29 is 0 Å². The first-order chi connectivity index (χ1) is 44.5. The molecule has 0 unspecified atom stereocenters. The van der Waals surface area contributed by atoms with Crippen LogP contribution in [0.25, 0.3) is 160 Å². The van der Waals surface area contributed by atoms with Gasteiger partial charge in [0.1, 0.15) is 0 Å². The third-order valence-corrected chi connectivity index (χ3v) is 17.2. The highest BCUT2D eigenvalue weighted by Gasteiger charge is 2.26. The van der Waals surface area contributed by atoms with Crippen molar-refractivity contribution >= 4 is 49.3 Å². The Labute approximate surface area is 519 Å². The maximum absolute atomic E-state index is 10.5. The summed E-state index contributed by atoms with van der Waals surface area (Å²) in [6.45, 7) is 9.68. The van der Waals surface area contributed by atoms with E-state index in [1.165, 1.54) is 0 Å². The average Bonchev–Trinajstić information content (AvgIpc) is 1.65. The number of aromatic nitrogens is 6. The van der Waals surface area contributed by atoms with Crippen LogP contribution in [0.4, 0.5) is 5.69 Å². The minimum absolute atomic E-state index is 0.421. The number of benzene rings is 10. The van der Waals surface area contributed by atoms with E-state index in [-0.39, 0.29) is 0 Å². The molecule has 0 atom stereocenters. The predicted molar refractivity (Wildman–Crippen MR) is 366 cm³/mol. The number of hydrogen-bond donors (Lipinski definition) is 0. The van der Waals surface area contributed by atoms with Gasteiger partial charge in [0, 0.05) is 90.8 Å². The molecule has 0 radical (unpaired) electrons. The Balaban J connectivity index is 0.963. The highest BCUT2D eigenvalue weighted by molar-refractivity contribution is 6.14. The van der Waals surface area contributed by atoms with Gasteiger partial charge in [-0.25, -0.2) is 4.85 Å². The van der Waals surface area contributed by atoms with E-state index in [0.29, 0.717) is 22.6 Å². The van der Waals surface area contributed by atoms with Gasteiger partial charge in [-0.3, -0.25) is 19.9 Å². The molecule has 0 spiro atoms. The van der Waals surface area contributed by atoms with Crippen molar-refractivity contribution in [3.8, 4) is 118 Å². The van der Waals surface area contributed by atoms with Gasteiger partial charge in [0.05, 0.1) is 74.4 Å². The molecule has 6 aromatic heterocycles. The number of nitrogens with zero attached hydrogens (tertiary/aromatic N) is 8. The molecule has 6 heterocycles. The fraction of sp³-hybridized carbons (Fsp3) is 0. The maximum atomic E-state index is 10.5. The van der Waals surface area contributed by atoms with Crippen molar-refractivity contribution in [3.63, 3.8) is 0 Å². The highest BCUT2D eigenvalue weighted by atomic mass is 15.1. The van der Waals surface area contributed by atoms with E-state index in [1.54, 1.807) is 0 Å². The van der Waals surface area contributed by atoms with Gasteiger partial charge in [0.15, 0.2) is 0 Å². The zero-order valence-corrected chi connectivity index (χ0v) is 48.4. The first kappa shape index (κ1) is 52.9. The largest absolute Gasteiger partial charge is 0.319 e. The van der Waals surface area contributed by atoms with Crippen LogP contribution >= 0.6 is 0 Å². The summed E-state index contributed by atoms with van der Waals surface area (Å²) in [5.74, 6) is 0. The van der Waals surface area contributed by atoms with E-state index in [2.05, 4.69) is 197 Å². The molecule has 8 nitrogen and oxygen atoms in total. The van der Waals surface area contributed by atoms with Crippen molar-refractivity contribution in [2.24, 2.45) is 0 Å². The average molecular weight is 1150 g/mol. The summed E-state index contributed by atoms with van der Waals surface area (Å²) in [7, 11) is 0. The van der Waals surface area contributed by atoms with Crippen LogP contribution in [0.15, 0.2) is 304 Å². The smallest absolute Gasteiger partial charge is 0.234 e. The zero-order chi connectivity index (χ0) is 60.1. The van der Waals surface area contributed by atoms with E-state index in [1.807, 2.05) is 122 Å². The van der Waals surface area contributed by atoms with Gasteiger partial charge in [-0.1, -0.05) is 212 Å². The normalized spacial score (nSPS) is 11.3. The topological polar surface area (TPSA) is 89.6 Å². The number of nitriles is 1. The second-order valence-electron chi connectivity index (χ2n) is 22.4. The second-order valence-corrected chi connectivity index (χ2v) is 22.4. The molecule has 0 N–H and O–H groups in total. The van der Waals surface area contributed by atoms with Crippen LogP contribution in [-0.2, 0) is 0 Å². The van der Waals surface area contributed by atoms with Gasteiger partial charge >= 0.3 is 0 Å². The molecule has 0 bridgehead atoms. The van der Waals surface area contributed by atoms with Gasteiger partial charge in [-0.15, -0.1) is 0 Å². The number of rotatable bonds is 11. The Bertz CT molecular complexity index is 5210. The lowest BCUT2D eigenvalue weighted by atomic mass is 9.98. The van der Waals surface area contributed by atoms with Crippen molar-refractivity contribution in [2.75, 3.05) is 0 Å². The Morgan fingerprint density at radius 2 is 0.633 bits per heavy atom. The Morgan fingerprint density at radius 1 is 0.300 bits per heavy atom. The van der Waals surface area contributed by atoms with Gasteiger partial charge in [-0.2, -0.15) is 5.26 Å². The minimum Gasteiger partial charge on any atom is -0.319 e. The van der Waals surface area contributed by atoms with Gasteiger partial charge < -0.3 is 9.13 Å². The first-order valence-electron chi connectivity index (χ1n) is 29.8. The molecule has 0 aliphatic carbocycles. The zero-order valence-electron chi connectivity index (χ0n) is 48.4. The molecule has 16 aromatic rings. The van der Waals surface area contributed by atoms with E-state index >= 15 is 0 Å². The summed E-state index contributed by atoms with van der Waals surface area (Å²) >= 11 is 0. The van der Waals surface area contributed by atoms with Crippen LogP contribution in [-0.4, -0.2) is 29.1 Å². The van der Waals surface area contributed by atoms with E-state index in [4.69, 9.17) is 24.8 Å². The SMILES string of the molecule is [C-]#[N+]c1c(-n2c3cc(-c4ccc(-c5ccccc5)nc4)ccc3c3ccc(-c4ccc(-c5ccccc5)nc4)cc32)ccc(-c2cccc(C#N)c2)c1-n1c2cc(-c3ccc(-c4ccccc4)nc3)ccc2c2ccc(-c3ccc(-c4ccccc4)nc3)cc21. The number of hydrogen-bond acceptors (Lipinski definition) is 5.